The second-order valence-electron chi connectivity index (χ2n) is 7.94. The lowest BCUT2D eigenvalue weighted by Crippen LogP contribution is -2.52. The van der Waals surface area contributed by atoms with E-state index < -0.39 is 23.3 Å². The average Bonchev–Trinajstić information content (AvgIpc) is 2.62. The number of rotatable bonds is 6. The summed E-state index contributed by atoms with van der Waals surface area (Å²) in [6, 6.07) is 10.5. The molecule has 0 radical (unpaired) electrons. The van der Waals surface area contributed by atoms with Crippen molar-refractivity contribution in [1.29, 1.82) is 0 Å². The molecule has 0 saturated heterocycles. The summed E-state index contributed by atoms with van der Waals surface area (Å²) in [5.74, 6) is -1.24. The van der Waals surface area contributed by atoms with E-state index in [9.17, 15) is 14.0 Å². The van der Waals surface area contributed by atoms with Crippen LogP contribution in [-0.2, 0) is 22.6 Å². The Kier molecular flexibility index (Phi) is 7.66. The average molecular weight is 439 g/mol. The number of nitrogens with zero attached hydrogens (tertiary/aromatic N) is 1. The summed E-state index contributed by atoms with van der Waals surface area (Å²) in [6.07, 6.45) is -0.244. The number of benzene rings is 2. The predicted octanol–water partition coefficient (Wildman–Crippen LogP) is 5.01. The normalized spacial score (nSPS) is 12.4. The molecule has 0 aliphatic carbocycles. The largest absolute Gasteiger partial charge is 0.350 e. The summed E-state index contributed by atoms with van der Waals surface area (Å²) in [7, 11) is 0. The minimum absolute atomic E-state index is 0.115. The number of hydrogen-bond acceptors (Lipinski definition) is 2. The number of carbonyl (C=O) groups is 2. The number of carbonyl (C=O) groups excluding carboxylic acids is 2. The van der Waals surface area contributed by atoms with Crippen LogP contribution in [0.3, 0.4) is 0 Å². The van der Waals surface area contributed by atoms with Crippen molar-refractivity contribution in [2.75, 3.05) is 0 Å². The summed E-state index contributed by atoms with van der Waals surface area (Å²) in [5, 5.41) is 3.63. The summed E-state index contributed by atoms with van der Waals surface area (Å²) in [4.78, 5) is 27.2. The Bertz CT molecular complexity index is 859. The molecule has 0 aliphatic heterocycles. The van der Waals surface area contributed by atoms with E-state index in [1.165, 1.54) is 23.1 Å². The van der Waals surface area contributed by atoms with Crippen LogP contribution in [0.2, 0.25) is 10.0 Å². The molecule has 0 spiro atoms. The van der Waals surface area contributed by atoms with E-state index in [-0.39, 0.29) is 29.5 Å². The molecule has 0 aliphatic rings. The van der Waals surface area contributed by atoms with Crippen LogP contribution in [0.15, 0.2) is 42.5 Å². The topological polar surface area (TPSA) is 49.4 Å². The van der Waals surface area contributed by atoms with Crippen molar-refractivity contribution in [3.05, 3.63) is 69.5 Å². The molecule has 2 aromatic rings. The minimum atomic E-state index is -0.761. The highest BCUT2D eigenvalue weighted by atomic mass is 35.5. The monoisotopic (exact) mass is 438 g/mol. The smallest absolute Gasteiger partial charge is 0.242 e. The van der Waals surface area contributed by atoms with Crippen LogP contribution in [-0.4, -0.2) is 28.3 Å². The molecule has 0 saturated carbocycles. The molecule has 0 fully saturated rings. The Balaban J connectivity index is 2.30. The molecular formula is C22H25Cl2FN2O2. The van der Waals surface area contributed by atoms with E-state index in [1.807, 2.05) is 20.8 Å². The minimum Gasteiger partial charge on any atom is -0.350 e. The fourth-order valence-corrected chi connectivity index (χ4v) is 3.15. The van der Waals surface area contributed by atoms with E-state index in [2.05, 4.69) is 5.32 Å². The maximum Gasteiger partial charge on any atom is 0.242 e. The summed E-state index contributed by atoms with van der Waals surface area (Å²) < 4.78 is 14.2. The van der Waals surface area contributed by atoms with E-state index >= 15 is 0 Å². The Morgan fingerprint density at radius 3 is 2.28 bits per heavy atom. The van der Waals surface area contributed by atoms with Crippen LogP contribution in [0.25, 0.3) is 0 Å². The quantitative estimate of drug-likeness (QED) is 0.688. The third-order valence-electron chi connectivity index (χ3n) is 4.32. The fraction of sp³-hybridized carbons (Fsp3) is 0.364. The van der Waals surface area contributed by atoms with E-state index in [0.717, 1.165) is 5.56 Å². The fourth-order valence-electron chi connectivity index (χ4n) is 2.80. The summed E-state index contributed by atoms with van der Waals surface area (Å²) in [5.41, 5.74) is 0.469. The zero-order chi connectivity index (χ0) is 21.8. The molecule has 2 amide bonds. The molecule has 0 heterocycles. The van der Waals surface area contributed by atoms with Crippen LogP contribution in [0.5, 0.6) is 0 Å². The molecule has 0 aromatic heterocycles. The summed E-state index contributed by atoms with van der Waals surface area (Å²) in [6.45, 7) is 7.42. The first-order chi connectivity index (χ1) is 13.5. The van der Waals surface area contributed by atoms with Crippen LogP contribution in [0, 0.1) is 5.82 Å². The first-order valence-corrected chi connectivity index (χ1v) is 10.0. The highest BCUT2D eigenvalue weighted by molar-refractivity contribution is 6.31. The van der Waals surface area contributed by atoms with E-state index in [1.54, 1.807) is 31.2 Å². The molecular weight excluding hydrogens is 414 g/mol. The molecule has 2 rings (SSSR count). The predicted molar refractivity (Wildman–Crippen MR) is 114 cm³/mol. The Hall–Kier alpha value is -2.11. The SMILES string of the molecule is C[C@@H](C(=O)NC(C)(C)C)N(Cc1ccc(Cl)cc1)C(=O)Cc1c(F)cccc1Cl. The van der Waals surface area contributed by atoms with Crippen molar-refractivity contribution in [3.63, 3.8) is 0 Å². The van der Waals surface area contributed by atoms with Gasteiger partial charge in [0.05, 0.1) is 6.42 Å². The van der Waals surface area contributed by atoms with Crippen molar-refractivity contribution < 1.29 is 14.0 Å². The lowest BCUT2D eigenvalue weighted by Gasteiger charge is -2.31. The Morgan fingerprint density at radius 2 is 1.72 bits per heavy atom. The molecule has 1 N–H and O–H groups in total. The van der Waals surface area contributed by atoms with Gasteiger partial charge in [-0.2, -0.15) is 0 Å². The molecule has 1 atom stereocenters. The molecule has 156 valence electrons. The Labute approximate surface area is 181 Å². The molecule has 4 nitrogen and oxygen atoms in total. The lowest BCUT2D eigenvalue weighted by molar-refractivity contribution is -0.140. The third-order valence-corrected chi connectivity index (χ3v) is 4.93. The number of nitrogens with one attached hydrogen (secondary N) is 1. The highest BCUT2D eigenvalue weighted by Crippen LogP contribution is 2.22. The molecule has 0 unspecified atom stereocenters. The molecule has 7 heteroatoms. The molecule has 2 aromatic carbocycles. The van der Waals surface area contributed by atoms with Crippen LogP contribution in [0.1, 0.15) is 38.8 Å². The van der Waals surface area contributed by atoms with Crippen LogP contribution >= 0.6 is 23.2 Å². The van der Waals surface area contributed by atoms with Gasteiger partial charge in [-0.05, 0) is 57.5 Å². The zero-order valence-corrected chi connectivity index (χ0v) is 18.4. The van der Waals surface area contributed by atoms with Crippen molar-refractivity contribution in [1.82, 2.24) is 10.2 Å². The number of amides is 2. The van der Waals surface area contributed by atoms with Crippen LogP contribution in [0.4, 0.5) is 4.39 Å². The van der Waals surface area contributed by atoms with Gasteiger partial charge in [-0.3, -0.25) is 9.59 Å². The first kappa shape index (κ1) is 23.2. The zero-order valence-electron chi connectivity index (χ0n) is 16.9. The van der Waals surface area contributed by atoms with Gasteiger partial charge < -0.3 is 10.2 Å². The van der Waals surface area contributed by atoms with E-state index in [0.29, 0.717) is 5.02 Å². The van der Waals surface area contributed by atoms with Gasteiger partial charge in [-0.15, -0.1) is 0 Å². The van der Waals surface area contributed by atoms with Gasteiger partial charge in [-0.1, -0.05) is 41.4 Å². The van der Waals surface area contributed by atoms with Crippen molar-refractivity contribution in [3.8, 4) is 0 Å². The lowest BCUT2D eigenvalue weighted by atomic mass is 10.1. The van der Waals surface area contributed by atoms with E-state index in [4.69, 9.17) is 23.2 Å². The van der Waals surface area contributed by atoms with Gasteiger partial charge in [0.15, 0.2) is 0 Å². The standard InChI is InChI=1S/C22H25Cl2FN2O2/c1-14(21(29)26-22(2,3)4)27(13-15-8-10-16(23)11-9-15)20(28)12-17-18(24)6-5-7-19(17)25/h5-11,14H,12-13H2,1-4H3,(H,26,29)/t14-/m0/s1. The van der Waals surface area contributed by atoms with Gasteiger partial charge in [0.1, 0.15) is 11.9 Å². The van der Waals surface area contributed by atoms with Crippen molar-refractivity contribution in [2.24, 2.45) is 0 Å². The third kappa shape index (κ3) is 6.72. The number of hydrogen-bond donors (Lipinski definition) is 1. The molecule has 0 bridgehead atoms. The Morgan fingerprint density at radius 1 is 1.10 bits per heavy atom. The maximum absolute atomic E-state index is 14.2. The second kappa shape index (κ2) is 9.59. The highest BCUT2D eigenvalue weighted by Gasteiger charge is 2.29. The van der Waals surface area contributed by atoms with Gasteiger partial charge in [-0.25, -0.2) is 4.39 Å². The second-order valence-corrected chi connectivity index (χ2v) is 8.78. The van der Waals surface area contributed by atoms with Gasteiger partial charge in [0.2, 0.25) is 11.8 Å². The first-order valence-electron chi connectivity index (χ1n) is 9.27. The van der Waals surface area contributed by atoms with Gasteiger partial charge >= 0.3 is 0 Å². The maximum atomic E-state index is 14.2. The van der Waals surface area contributed by atoms with Crippen molar-refractivity contribution >= 4 is 35.0 Å². The molecule has 29 heavy (non-hydrogen) atoms. The van der Waals surface area contributed by atoms with Gasteiger partial charge in [0, 0.05) is 27.7 Å². The van der Waals surface area contributed by atoms with Crippen molar-refractivity contribution in [2.45, 2.75) is 52.2 Å². The number of halogens is 3. The van der Waals surface area contributed by atoms with Gasteiger partial charge in [0.25, 0.3) is 0 Å². The summed E-state index contributed by atoms with van der Waals surface area (Å²) >= 11 is 12.0. The van der Waals surface area contributed by atoms with Crippen LogP contribution < -0.4 is 5.32 Å².